The first-order valence-electron chi connectivity index (χ1n) is 8.40. The number of allylic oxidation sites excluding steroid dienone is 1. The molecule has 1 aliphatic rings. The van der Waals surface area contributed by atoms with Gasteiger partial charge in [-0.1, -0.05) is 12.1 Å². The Labute approximate surface area is 155 Å². The SMILES string of the molecule is COC(=O)[C@@H]1CCC(c2ccc(C(F)(F)F)cc2)=CN1C(=O)OC(C)(C)C. The van der Waals surface area contributed by atoms with E-state index in [-0.39, 0.29) is 6.42 Å². The molecule has 1 amide bonds. The second kappa shape index (κ2) is 7.62. The van der Waals surface area contributed by atoms with Gasteiger partial charge in [0.05, 0.1) is 12.7 Å². The van der Waals surface area contributed by atoms with Gasteiger partial charge in [-0.05, 0) is 56.9 Å². The van der Waals surface area contributed by atoms with Gasteiger partial charge in [-0.25, -0.2) is 9.59 Å². The van der Waals surface area contributed by atoms with Crippen LogP contribution < -0.4 is 0 Å². The van der Waals surface area contributed by atoms with Crippen LogP contribution in [0, 0.1) is 0 Å². The normalized spacial score (nSPS) is 18.0. The molecule has 0 fully saturated rings. The third kappa shape index (κ3) is 5.24. The van der Waals surface area contributed by atoms with Gasteiger partial charge in [0, 0.05) is 6.20 Å². The van der Waals surface area contributed by atoms with Crippen LogP contribution in [-0.4, -0.2) is 35.7 Å². The van der Waals surface area contributed by atoms with Crippen LogP contribution in [0.5, 0.6) is 0 Å². The summed E-state index contributed by atoms with van der Waals surface area (Å²) in [4.78, 5) is 25.7. The molecule has 0 radical (unpaired) electrons. The smallest absolute Gasteiger partial charge is 0.416 e. The molecular formula is C19H22F3NO4. The minimum atomic E-state index is -4.42. The fourth-order valence-electron chi connectivity index (χ4n) is 2.71. The van der Waals surface area contributed by atoms with Gasteiger partial charge >= 0.3 is 18.2 Å². The van der Waals surface area contributed by atoms with Gasteiger partial charge in [0.1, 0.15) is 11.6 Å². The summed E-state index contributed by atoms with van der Waals surface area (Å²) in [5, 5.41) is 0. The van der Waals surface area contributed by atoms with E-state index < -0.39 is 35.4 Å². The summed E-state index contributed by atoms with van der Waals surface area (Å²) in [7, 11) is 1.23. The predicted molar refractivity (Wildman–Crippen MR) is 92.5 cm³/mol. The number of ether oxygens (including phenoxy) is 2. The predicted octanol–water partition coefficient (Wildman–Crippen LogP) is 4.62. The summed E-state index contributed by atoms with van der Waals surface area (Å²) in [6, 6.07) is 3.82. The van der Waals surface area contributed by atoms with E-state index in [1.54, 1.807) is 20.8 Å². The lowest BCUT2D eigenvalue weighted by Crippen LogP contribution is -2.46. The molecule has 8 heteroatoms. The zero-order valence-electron chi connectivity index (χ0n) is 15.6. The molecule has 0 saturated carbocycles. The summed E-state index contributed by atoms with van der Waals surface area (Å²) in [5.74, 6) is -0.580. The van der Waals surface area contributed by atoms with Gasteiger partial charge in [0.15, 0.2) is 0 Å². The fraction of sp³-hybridized carbons (Fsp3) is 0.474. The maximum absolute atomic E-state index is 12.7. The number of nitrogens with zero attached hydrogens (tertiary/aromatic N) is 1. The van der Waals surface area contributed by atoms with Crippen LogP contribution in [0.2, 0.25) is 0 Å². The first kappa shape index (κ1) is 20.8. The quantitative estimate of drug-likeness (QED) is 0.697. The Balaban J connectivity index is 2.34. The van der Waals surface area contributed by atoms with Crippen molar-refractivity contribution in [3.8, 4) is 0 Å². The van der Waals surface area contributed by atoms with Gasteiger partial charge in [-0.15, -0.1) is 0 Å². The van der Waals surface area contributed by atoms with Crippen molar-refractivity contribution in [1.29, 1.82) is 0 Å². The molecule has 1 aliphatic heterocycles. The number of esters is 1. The Morgan fingerprint density at radius 2 is 1.70 bits per heavy atom. The van der Waals surface area contributed by atoms with Crippen LogP contribution in [0.25, 0.3) is 5.57 Å². The molecule has 0 aromatic heterocycles. The van der Waals surface area contributed by atoms with E-state index in [9.17, 15) is 22.8 Å². The van der Waals surface area contributed by atoms with Crippen molar-refractivity contribution in [3.63, 3.8) is 0 Å². The zero-order chi connectivity index (χ0) is 20.4. The molecule has 1 atom stereocenters. The number of carbonyl (C=O) groups is 2. The van der Waals surface area contributed by atoms with Crippen LogP contribution in [0.15, 0.2) is 30.5 Å². The van der Waals surface area contributed by atoms with Gasteiger partial charge in [0.25, 0.3) is 0 Å². The summed E-state index contributed by atoms with van der Waals surface area (Å²) >= 11 is 0. The highest BCUT2D eigenvalue weighted by molar-refractivity contribution is 5.85. The second-order valence-corrected chi connectivity index (χ2v) is 7.19. The number of carbonyl (C=O) groups excluding carboxylic acids is 2. The van der Waals surface area contributed by atoms with Crippen molar-refractivity contribution >= 4 is 17.6 Å². The van der Waals surface area contributed by atoms with Gasteiger partial charge in [-0.2, -0.15) is 13.2 Å². The number of rotatable bonds is 2. The molecule has 5 nitrogen and oxygen atoms in total. The third-order valence-electron chi connectivity index (χ3n) is 3.98. The first-order chi connectivity index (χ1) is 12.4. The van der Waals surface area contributed by atoms with Crippen molar-refractivity contribution in [2.24, 2.45) is 0 Å². The maximum atomic E-state index is 12.7. The lowest BCUT2D eigenvalue weighted by atomic mass is 9.94. The second-order valence-electron chi connectivity index (χ2n) is 7.19. The molecule has 2 rings (SSSR count). The van der Waals surface area contributed by atoms with E-state index in [2.05, 4.69) is 0 Å². The van der Waals surface area contributed by atoms with E-state index >= 15 is 0 Å². The largest absolute Gasteiger partial charge is 0.467 e. The van der Waals surface area contributed by atoms with Crippen molar-refractivity contribution in [2.75, 3.05) is 7.11 Å². The van der Waals surface area contributed by atoms with Gasteiger partial charge < -0.3 is 9.47 Å². The standard InChI is InChI=1S/C19H22F3NO4/c1-18(2,3)27-17(25)23-11-13(7-10-15(23)16(24)26-4)12-5-8-14(9-6-12)19(20,21)22/h5-6,8-9,11,15H,7,10H2,1-4H3/t15-/m0/s1. The molecule has 1 heterocycles. The number of benzene rings is 1. The summed E-state index contributed by atoms with van der Waals surface area (Å²) in [6.45, 7) is 5.09. The summed E-state index contributed by atoms with van der Waals surface area (Å²) < 4.78 is 48.3. The van der Waals surface area contributed by atoms with Crippen LogP contribution in [0.4, 0.5) is 18.0 Å². The summed E-state index contributed by atoms with van der Waals surface area (Å²) in [6.07, 6.45) is -3.01. The number of hydrogen-bond acceptors (Lipinski definition) is 4. The Hall–Kier alpha value is -2.51. The maximum Gasteiger partial charge on any atom is 0.416 e. The molecule has 0 bridgehead atoms. The molecule has 1 aromatic rings. The molecule has 0 unspecified atom stereocenters. The van der Waals surface area contributed by atoms with E-state index in [1.165, 1.54) is 25.4 Å². The molecular weight excluding hydrogens is 363 g/mol. The number of amides is 1. The van der Waals surface area contributed by atoms with Crippen molar-refractivity contribution in [3.05, 3.63) is 41.6 Å². The number of halogens is 3. The van der Waals surface area contributed by atoms with Gasteiger partial charge in [-0.3, -0.25) is 4.90 Å². The van der Waals surface area contributed by atoms with Crippen LogP contribution in [0.1, 0.15) is 44.7 Å². The molecule has 0 spiro atoms. The van der Waals surface area contributed by atoms with E-state index in [0.29, 0.717) is 17.6 Å². The number of alkyl halides is 3. The van der Waals surface area contributed by atoms with E-state index in [4.69, 9.17) is 9.47 Å². The highest BCUT2D eigenvalue weighted by Crippen LogP contribution is 2.33. The van der Waals surface area contributed by atoms with Crippen molar-refractivity contribution in [1.82, 2.24) is 4.90 Å². The molecule has 0 saturated heterocycles. The highest BCUT2D eigenvalue weighted by Gasteiger charge is 2.36. The fourth-order valence-corrected chi connectivity index (χ4v) is 2.71. The van der Waals surface area contributed by atoms with Crippen LogP contribution >= 0.6 is 0 Å². The Morgan fingerprint density at radius 3 is 2.19 bits per heavy atom. The van der Waals surface area contributed by atoms with Crippen LogP contribution in [-0.2, 0) is 20.4 Å². The van der Waals surface area contributed by atoms with E-state index in [0.717, 1.165) is 17.0 Å². The lowest BCUT2D eigenvalue weighted by Gasteiger charge is -2.33. The third-order valence-corrected chi connectivity index (χ3v) is 3.98. The highest BCUT2D eigenvalue weighted by atomic mass is 19.4. The monoisotopic (exact) mass is 385 g/mol. The molecule has 1 aromatic carbocycles. The Morgan fingerprint density at radius 1 is 1.11 bits per heavy atom. The topological polar surface area (TPSA) is 55.8 Å². The van der Waals surface area contributed by atoms with Crippen molar-refractivity contribution < 1.29 is 32.2 Å². The molecule has 148 valence electrons. The number of hydrogen-bond donors (Lipinski definition) is 0. The molecule has 0 N–H and O–H groups in total. The Kier molecular flexibility index (Phi) is 5.87. The molecule has 0 aliphatic carbocycles. The average Bonchev–Trinajstić information content (AvgIpc) is 2.58. The minimum absolute atomic E-state index is 0.277. The lowest BCUT2D eigenvalue weighted by molar-refractivity contribution is -0.146. The summed E-state index contributed by atoms with van der Waals surface area (Å²) in [5.41, 5.74) is -0.342. The Bertz CT molecular complexity index is 733. The van der Waals surface area contributed by atoms with E-state index in [1.807, 2.05) is 0 Å². The average molecular weight is 385 g/mol. The number of methoxy groups -OCH3 is 1. The van der Waals surface area contributed by atoms with Crippen molar-refractivity contribution in [2.45, 2.75) is 51.4 Å². The van der Waals surface area contributed by atoms with Crippen LogP contribution in [0.3, 0.4) is 0 Å². The molecule has 27 heavy (non-hydrogen) atoms. The van der Waals surface area contributed by atoms with Gasteiger partial charge in [0.2, 0.25) is 0 Å². The minimum Gasteiger partial charge on any atom is -0.467 e. The first-order valence-corrected chi connectivity index (χ1v) is 8.40. The zero-order valence-corrected chi connectivity index (χ0v) is 15.6.